The quantitative estimate of drug-likeness (QED) is 0.146. The average molecular weight is 476 g/mol. The summed E-state index contributed by atoms with van der Waals surface area (Å²) in [6.07, 6.45) is 36.1. The molecule has 0 aliphatic heterocycles. The summed E-state index contributed by atoms with van der Waals surface area (Å²) in [5, 5.41) is 5.57. The molecule has 0 atom stereocenters. The van der Waals surface area contributed by atoms with E-state index in [0.29, 0.717) is 31.5 Å². The maximum atomic E-state index is 11.9. The predicted molar refractivity (Wildman–Crippen MR) is 147 cm³/mol. The normalized spacial score (nSPS) is 12.3. The first-order valence-corrected chi connectivity index (χ1v) is 12.6. The van der Waals surface area contributed by atoms with Crippen LogP contribution >= 0.6 is 0 Å². The molecule has 1 aromatic rings. The summed E-state index contributed by atoms with van der Waals surface area (Å²) < 4.78 is 0. The Hall–Kier alpha value is -3.47. The summed E-state index contributed by atoms with van der Waals surface area (Å²) in [5.41, 5.74) is 0.510. The molecule has 188 valence electrons. The van der Waals surface area contributed by atoms with E-state index in [-0.39, 0.29) is 11.8 Å². The monoisotopic (exact) mass is 475 g/mol. The Bertz CT molecular complexity index is 865. The SMILES string of the molecule is CCC/C=C\C=C/C/C=C\C/C=C\C/C=C\C/C=C\CCC(=O)NCCNC(=O)c1cccnc1. The fourth-order valence-electron chi connectivity index (χ4n) is 2.88. The van der Waals surface area contributed by atoms with Gasteiger partial charge in [-0.1, -0.05) is 86.3 Å². The van der Waals surface area contributed by atoms with Gasteiger partial charge < -0.3 is 10.6 Å². The van der Waals surface area contributed by atoms with Crippen LogP contribution < -0.4 is 10.6 Å². The molecule has 0 saturated carbocycles. The fraction of sp³-hybridized carbons (Fsp3) is 0.367. The van der Waals surface area contributed by atoms with Crippen molar-refractivity contribution < 1.29 is 9.59 Å². The molecule has 2 N–H and O–H groups in total. The van der Waals surface area contributed by atoms with Gasteiger partial charge in [-0.15, -0.1) is 0 Å². The molecule has 0 saturated heterocycles. The number of allylic oxidation sites excluding steroid dienone is 12. The van der Waals surface area contributed by atoms with E-state index in [4.69, 9.17) is 0 Å². The van der Waals surface area contributed by atoms with Gasteiger partial charge in [-0.2, -0.15) is 0 Å². The van der Waals surface area contributed by atoms with Crippen molar-refractivity contribution in [3.05, 3.63) is 103 Å². The van der Waals surface area contributed by atoms with Gasteiger partial charge in [-0.25, -0.2) is 0 Å². The second kappa shape index (κ2) is 22.3. The Kier molecular flexibility index (Phi) is 18.9. The number of hydrogen-bond donors (Lipinski definition) is 2. The average Bonchev–Trinajstić information content (AvgIpc) is 2.88. The van der Waals surface area contributed by atoms with E-state index < -0.39 is 0 Å². The van der Waals surface area contributed by atoms with Gasteiger partial charge >= 0.3 is 0 Å². The number of pyridine rings is 1. The lowest BCUT2D eigenvalue weighted by Crippen LogP contribution is -2.34. The largest absolute Gasteiger partial charge is 0.354 e. The number of nitrogens with one attached hydrogen (secondary N) is 2. The van der Waals surface area contributed by atoms with Crippen LogP contribution in [0.2, 0.25) is 0 Å². The van der Waals surface area contributed by atoms with Crippen LogP contribution in [0.3, 0.4) is 0 Å². The number of rotatable bonds is 18. The van der Waals surface area contributed by atoms with Crippen molar-refractivity contribution in [1.82, 2.24) is 15.6 Å². The molecule has 1 heterocycles. The van der Waals surface area contributed by atoms with Crippen LogP contribution in [0.4, 0.5) is 0 Å². The van der Waals surface area contributed by atoms with Crippen molar-refractivity contribution in [2.75, 3.05) is 13.1 Å². The van der Waals surface area contributed by atoms with Crippen molar-refractivity contribution in [2.45, 2.75) is 58.3 Å². The Morgan fingerprint density at radius 1 is 0.771 bits per heavy atom. The van der Waals surface area contributed by atoms with Gasteiger partial charge in [0.15, 0.2) is 0 Å². The number of amides is 2. The third-order valence-electron chi connectivity index (χ3n) is 4.79. The molecular weight excluding hydrogens is 434 g/mol. The number of hydrogen-bond acceptors (Lipinski definition) is 3. The first-order chi connectivity index (χ1) is 17.2. The number of unbranched alkanes of at least 4 members (excludes halogenated alkanes) is 1. The van der Waals surface area contributed by atoms with E-state index in [1.54, 1.807) is 18.3 Å². The third kappa shape index (κ3) is 18.6. The lowest BCUT2D eigenvalue weighted by molar-refractivity contribution is -0.120. The van der Waals surface area contributed by atoms with Crippen LogP contribution in [-0.4, -0.2) is 29.9 Å². The molecule has 0 aliphatic carbocycles. The Morgan fingerprint density at radius 2 is 1.37 bits per heavy atom. The van der Waals surface area contributed by atoms with Crippen LogP contribution in [-0.2, 0) is 4.79 Å². The second-order valence-electron chi connectivity index (χ2n) is 7.86. The predicted octanol–water partition coefficient (Wildman–Crippen LogP) is 6.41. The zero-order valence-corrected chi connectivity index (χ0v) is 21.1. The smallest absolute Gasteiger partial charge is 0.252 e. The standard InChI is InChI=1S/C30H41N3O2/c1-2-3-4-5-6-7-8-9-10-11-12-13-14-15-16-17-18-19-20-23-29(34)32-25-26-33-30(35)28-22-21-24-31-27-28/h4-7,9-10,12-13,15-16,18-19,21-22,24,27H,2-3,8,11,14,17,20,23,25-26H2,1H3,(H,32,34)(H,33,35)/b5-4-,7-6-,10-9-,13-12-,16-15-,19-18-. The minimum absolute atomic E-state index is 0.0140. The van der Waals surface area contributed by atoms with Crippen molar-refractivity contribution in [1.29, 1.82) is 0 Å². The fourth-order valence-corrected chi connectivity index (χ4v) is 2.88. The molecule has 0 unspecified atom stereocenters. The number of carbonyl (C=O) groups excluding carboxylic acids is 2. The van der Waals surface area contributed by atoms with Crippen molar-refractivity contribution >= 4 is 11.8 Å². The molecule has 0 spiro atoms. The number of carbonyl (C=O) groups is 2. The summed E-state index contributed by atoms with van der Waals surface area (Å²) in [6, 6.07) is 3.42. The van der Waals surface area contributed by atoms with Gasteiger partial charge in [0, 0.05) is 31.9 Å². The summed E-state index contributed by atoms with van der Waals surface area (Å²) >= 11 is 0. The van der Waals surface area contributed by atoms with E-state index in [0.717, 1.165) is 32.1 Å². The van der Waals surface area contributed by atoms with Gasteiger partial charge in [-0.05, 0) is 50.7 Å². The Balaban J connectivity index is 1.96. The highest BCUT2D eigenvalue weighted by Crippen LogP contribution is 1.98. The molecule has 0 radical (unpaired) electrons. The maximum absolute atomic E-state index is 11.9. The van der Waals surface area contributed by atoms with Gasteiger partial charge in [-0.3, -0.25) is 14.6 Å². The zero-order valence-electron chi connectivity index (χ0n) is 21.1. The zero-order chi connectivity index (χ0) is 25.2. The maximum Gasteiger partial charge on any atom is 0.252 e. The molecule has 1 aromatic heterocycles. The molecule has 1 rings (SSSR count). The van der Waals surface area contributed by atoms with Gasteiger partial charge in [0.05, 0.1) is 5.56 Å². The van der Waals surface area contributed by atoms with Crippen LogP contribution in [0.15, 0.2) is 97.4 Å². The molecule has 0 bridgehead atoms. The van der Waals surface area contributed by atoms with Crippen molar-refractivity contribution in [2.24, 2.45) is 0 Å². The highest BCUT2D eigenvalue weighted by molar-refractivity contribution is 5.93. The highest BCUT2D eigenvalue weighted by atomic mass is 16.2. The highest BCUT2D eigenvalue weighted by Gasteiger charge is 2.04. The lowest BCUT2D eigenvalue weighted by Gasteiger charge is -2.06. The molecule has 0 aliphatic rings. The van der Waals surface area contributed by atoms with E-state index in [2.05, 4.69) is 89.4 Å². The summed E-state index contributed by atoms with van der Waals surface area (Å²) in [4.78, 5) is 27.6. The lowest BCUT2D eigenvalue weighted by atomic mass is 10.2. The van der Waals surface area contributed by atoms with Crippen molar-refractivity contribution in [3.63, 3.8) is 0 Å². The Morgan fingerprint density at radius 3 is 2.00 bits per heavy atom. The summed E-state index contributed by atoms with van der Waals surface area (Å²) in [6.45, 7) is 2.98. The number of nitrogens with zero attached hydrogens (tertiary/aromatic N) is 1. The van der Waals surface area contributed by atoms with Crippen LogP contribution in [0.1, 0.15) is 68.6 Å². The molecule has 5 heteroatoms. The van der Waals surface area contributed by atoms with E-state index in [9.17, 15) is 9.59 Å². The third-order valence-corrected chi connectivity index (χ3v) is 4.79. The van der Waals surface area contributed by atoms with Crippen molar-refractivity contribution in [3.8, 4) is 0 Å². The van der Waals surface area contributed by atoms with Gasteiger partial charge in [0.2, 0.25) is 5.91 Å². The number of aromatic nitrogens is 1. The van der Waals surface area contributed by atoms with Gasteiger partial charge in [0.25, 0.3) is 5.91 Å². The molecule has 0 fully saturated rings. The molecule has 35 heavy (non-hydrogen) atoms. The molecular formula is C30H41N3O2. The summed E-state index contributed by atoms with van der Waals surface area (Å²) in [5.74, 6) is -0.204. The minimum atomic E-state index is -0.190. The second-order valence-corrected chi connectivity index (χ2v) is 7.86. The first-order valence-electron chi connectivity index (χ1n) is 12.6. The molecule has 5 nitrogen and oxygen atoms in total. The van der Waals surface area contributed by atoms with E-state index in [1.807, 2.05) is 6.08 Å². The van der Waals surface area contributed by atoms with E-state index in [1.165, 1.54) is 12.6 Å². The first kappa shape index (κ1) is 29.6. The van der Waals surface area contributed by atoms with Crippen LogP contribution in [0.5, 0.6) is 0 Å². The molecule has 0 aromatic carbocycles. The minimum Gasteiger partial charge on any atom is -0.354 e. The van der Waals surface area contributed by atoms with Gasteiger partial charge in [0.1, 0.15) is 0 Å². The topological polar surface area (TPSA) is 71.1 Å². The van der Waals surface area contributed by atoms with Crippen LogP contribution in [0.25, 0.3) is 0 Å². The van der Waals surface area contributed by atoms with Crippen LogP contribution in [0, 0.1) is 0 Å². The summed E-state index contributed by atoms with van der Waals surface area (Å²) in [7, 11) is 0. The molecule has 2 amide bonds. The van der Waals surface area contributed by atoms with E-state index >= 15 is 0 Å². The Labute approximate surface area is 211 Å².